The highest BCUT2D eigenvalue weighted by atomic mass is 15.0. The maximum Gasteiger partial charge on any atom is 0.249 e. The average Bonchev–Trinajstić information content (AvgIpc) is 3.53. The SMILES string of the molecule is CC1=CC=C2c3cccc4c5ccc(C)cc5c5cc6c(c(c5c34)C2C1)-n1c2ccccc2c2cccc(c21)B6c1cccc(-c2ccccc2)c1N. The Kier molecular flexibility index (Phi) is 5.74. The third-order valence-corrected chi connectivity index (χ3v) is 12.7. The number of allylic oxidation sites excluding steroid dienone is 4. The number of hydrogen-bond acceptors (Lipinski definition) is 1. The highest BCUT2D eigenvalue weighted by Gasteiger charge is 2.41. The van der Waals surface area contributed by atoms with E-state index < -0.39 is 0 Å². The third kappa shape index (κ3) is 3.74. The molecule has 1 atom stereocenters. The van der Waals surface area contributed by atoms with Gasteiger partial charge in [0.2, 0.25) is 6.71 Å². The summed E-state index contributed by atoms with van der Waals surface area (Å²) < 4.78 is 2.64. The van der Waals surface area contributed by atoms with Crippen LogP contribution in [0.1, 0.15) is 36.0 Å². The van der Waals surface area contributed by atoms with Crippen LogP contribution in [0.5, 0.6) is 0 Å². The Morgan fingerprint density at radius 2 is 1.34 bits per heavy atom. The number of nitrogen functional groups attached to an aromatic ring is 1. The number of benzene rings is 8. The lowest BCUT2D eigenvalue weighted by Crippen LogP contribution is -2.57. The van der Waals surface area contributed by atoms with E-state index in [0.717, 1.165) is 28.7 Å². The molecule has 2 heterocycles. The maximum atomic E-state index is 7.40. The quantitative estimate of drug-likeness (QED) is 0.110. The van der Waals surface area contributed by atoms with Crippen LogP contribution in [0, 0.1) is 6.92 Å². The molecular weight excluding hydrogens is 639 g/mol. The summed E-state index contributed by atoms with van der Waals surface area (Å²) in [5.74, 6) is 0.230. The fourth-order valence-electron chi connectivity index (χ4n) is 10.5. The van der Waals surface area contributed by atoms with Gasteiger partial charge in [0.25, 0.3) is 0 Å². The summed E-state index contributed by atoms with van der Waals surface area (Å²) in [6.45, 7) is 4.47. The molecule has 248 valence electrons. The lowest BCUT2D eigenvalue weighted by Gasteiger charge is -2.38. The number of nitrogens with two attached hydrogens (primary N) is 1. The fraction of sp³-hybridized carbons (Fsp3) is 0.0800. The topological polar surface area (TPSA) is 30.9 Å². The van der Waals surface area contributed by atoms with Crippen molar-refractivity contribution >= 4 is 88.5 Å². The number of nitrogens with zero attached hydrogens (tertiary/aromatic N) is 1. The highest BCUT2D eigenvalue weighted by molar-refractivity contribution is 6.99. The van der Waals surface area contributed by atoms with Gasteiger partial charge in [-0.15, -0.1) is 0 Å². The van der Waals surface area contributed by atoms with Gasteiger partial charge < -0.3 is 10.3 Å². The Morgan fingerprint density at radius 3 is 2.25 bits per heavy atom. The number of aryl methyl sites for hydroxylation is 1. The number of hydrogen-bond donors (Lipinski definition) is 1. The van der Waals surface area contributed by atoms with Gasteiger partial charge in [0.1, 0.15) is 0 Å². The van der Waals surface area contributed by atoms with Crippen LogP contribution in [0.25, 0.3) is 76.5 Å². The molecule has 0 bridgehead atoms. The van der Waals surface area contributed by atoms with Gasteiger partial charge in [-0.3, -0.25) is 0 Å². The first-order valence-corrected chi connectivity index (χ1v) is 18.9. The van der Waals surface area contributed by atoms with Crippen molar-refractivity contribution in [3.05, 3.63) is 168 Å². The lowest BCUT2D eigenvalue weighted by atomic mass is 9.34. The first kappa shape index (κ1) is 29.3. The molecule has 2 nitrogen and oxygen atoms in total. The predicted molar refractivity (Wildman–Crippen MR) is 228 cm³/mol. The summed E-state index contributed by atoms with van der Waals surface area (Å²) in [5, 5.41) is 10.7. The Bertz CT molecular complexity index is 3180. The number of aromatic nitrogens is 1. The van der Waals surface area contributed by atoms with Crippen LogP contribution < -0.4 is 22.1 Å². The van der Waals surface area contributed by atoms with Crippen molar-refractivity contribution in [2.24, 2.45) is 0 Å². The zero-order chi connectivity index (χ0) is 35.1. The Labute approximate surface area is 308 Å². The normalized spacial score (nSPS) is 15.7. The van der Waals surface area contributed by atoms with E-state index in [1.165, 1.54) is 98.6 Å². The second-order valence-corrected chi connectivity index (χ2v) is 15.5. The summed E-state index contributed by atoms with van der Waals surface area (Å²) >= 11 is 0. The second kappa shape index (κ2) is 10.4. The predicted octanol–water partition coefficient (Wildman–Crippen LogP) is 10.5. The van der Waals surface area contributed by atoms with Gasteiger partial charge in [-0.05, 0) is 97.3 Å². The molecule has 2 N–H and O–H groups in total. The summed E-state index contributed by atoms with van der Waals surface area (Å²) in [6.07, 6.45) is 5.77. The second-order valence-electron chi connectivity index (χ2n) is 15.5. The smallest absolute Gasteiger partial charge is 0.249 e. The average molecular weight is 675 g/mol. The zero-order valence-corrected chi connectivity index (χ0v) is 29.7. The maximum absolute atomic E-state index is 7.40. The van der Waals surface area contributed by atoms with Gasteiger partial charge in [-0.2, -0.15) is 0 Å². The van der Waals surface area contributed by atoms with Crippen molar-refractivity contribution in [1.82, 2.24) is 4.57 Å². The molecule has 3 heteroatoms. The van der Waals surface area contributed by atoms with E-state index in [0.29, 0.717) is 0 Å². The molecule has 0 saturated carbocycles. The molecule has 1 unspecified atom stereocenters. The van der Waals surface area contributed by atoms with Crippen LogP contribution in [0.3, 0.4) is 0 Å². The van der Waals surface area contributed by atoms with Crippen LogP contribution in [0.2, 0.25) is 0 Å². The van der Waals surface area contributed by atoms with E-state index in [1.54, 1.807) is 0 Å². The van der Waals surface area contributed by atoms with Crippen LogP contribution in [-0.2, 0) is 0 Å². The van der Waals surface area contributed by atoms with Crippen molar-refractivity contribution in [1.29, 1.82) is 0 Å². The van der Waals surface area contributed by atoms with E-state index in [1.807, 2.05) is 0 Å². The van der Waals surface area contributed by atoms with Crippen LogP contribution >= 0.6 is 0 Å². The highest BCUT2D eigenvalue weighted by Crippen LogP contribution is 2.54. The molecule has 2 aliphatic carbocycles. The molecule has 0 saturated heterocycles. The first-order valence-electron chi connectivity index (χ1n) is 18.9. The minimum absolute atomic E-state index is 0.0600. The number of para-hydroxylation sites is 3. The molecule has 0 spiro atoms. The summed E-state index contributed by atoms with van der Waals surface area (Å²) in [6, 6.07) is 49.8. The van der Waals surface area contributed by atoms with Gasteiger partial charge in [-0.25, -0.2) is 0 Å². The minimum Gasteiger partial charge on any atom is -0.399 e. The molecule has 53 heavy (non-hydrogen) atoms. The van der Waals surface area contributed by atoms with Crippen LogP contribution in [-0.4, -0.2) is 11.3 Å². The van der Waals surface area contributed by atoms with Gasteiger partial charge >= 0.3 is 0 Å². The van der Waals surface area contributed by atoms with E-state index in [-0.39, 0.29) is 12.6 Å². The third-order valence-electron chi connectivity index (χ3n) is 12.7. The molecule has 0 amide bonds. The van der Waals surface area contributed by atoms with E-state index in [9.17, 15) is 0 Å². The molecule has 0 radical (unpaired) electrons. The number of fused-ring (bicyclic) bond motifs is 12. The molecule has 3 aliphatic rings. The largest absolute Gasteiger partial charge is 0.399 e. The van der Waals surface area contributed by atoms with Crippen LogP contribution in [0.15, 0.2) is 151 Å². The van der Waals surface area contributed by atoms with E-state index >= 15 is 0 Å². The number of rotatable bonds is 2. The Morgan fingerprint density at radius 1 is 0.585 bits per heavy atom. The molecule has 9 aromatic rings. The van der Waals surface area contributed by atoms with Crippen LogP contribution in [0.4, 0.5) is 5.69 Å². The van der Waals surface area contributed by atoms with Gasteiger partial charge in [0.15, 0.2) is 0 Å². The molecule has 1 aromatic heterocycles. The van der Waals surface area contributed by atoms with E-state index in [4.69, 9.17) is 5.73 Å². The van der Waals surface area contributed by atoms with Crippen molar-refractivity contribution in [3.8, 4) is 16.8 Å². The summed E-state index contributed by atoms with van der Waals surface area (Å²) in [4.78, 5) is 0. The zero-order valence-electron chi connectivity index (χ0n) is 29.7. The molecule has 1 aliphatic heterocycles. The van der Waals surface area contributed by atoms with Crippen molar-refractivity contribution in [3.63, 3.8) is 0 Å². The molecule has 0 fully saturated rings. The van der Waals surface area contributed by atoms with E-state index in [2.05, 4.69) is 164 Å². The van der Waals surface area contributed by atoms with Crippen molar-refractivity contribution in [2.75, 3.05) is 5.73 Å². The summed E-state index contributed by atoms with van der Waals surface area (Å²) in [7, 11) is 0. The van der Waals surface area contributed by atoms with Gasteiger partial charge in [0.05, 0.1) is 5.52 Å². The van der Waals surface area contributed by atoms with Crippen molar-refractivity contribution < 1.29 is 0 Å². The Balaban J connectivity index is 1.34. The number of anilines is 1. The minimum atomic E-state index is -0.0600. The van der Waals surface area contributed by atoms with Crippen molar-refractivity contribution in [2.45, 2.75) is 26.2 Å². The molecular formula is C50H35BN2. The standard InChI is InChI=1S/C50H35BN2/c1-28-21-23-32-35-15-8-16-36-33-24-22-29(2)26-39(33)47-46(45(35)36)40(38(32)25-28)27-43-50(47)53-44-20-7-6-13-34(44)37-17-10-19-42(49(37)53)51(43)41-18-9-14-31(48(41)52)30-11-4-3-5-12-30/h3-25,27,39H,26,52H2,1-2H3. The van der Waals surface area contributed by atoms with Gasteiger partial charge in [0, 0.05) is 39.1 Å². The molecule has 12 rings (SSSR count). The lowest BCUT2D eigenvalue weighted by molar-refractivity contribution is 0.830. The molecule has 8 aromatic carbocycles. The summed E-state index contributed by atoms with van der Waals surface area (Å²) in [5.41, 5.74) is 25.2. The first-order chi connectivity index (χ1) is 26.1. The Hall–Kier alpha value is -6.32. The van der Waals surface area contributed by atoms with Gasteiger partial charge in [-0.1, -0.05) is 151 Å². The monoisotopic (exact) mass is 674 g/mol. The fourth-order valence-corrected chi connectivity index (χ4v) is 10.5.